The highest BCUT2D eigenvalue weighted by molar-refractivity contribution is 5.93. The van der Waals surface area contributed by atoms with Crippen molar-refractivity contribution < 1.29 is 13.9 Å². The van der Waals surface area contributed by atoms with Gasteiger partial charge in [-0.05, 0) is 57.2 Å². The van der Waals surface area contributed by atoms with Gasteiger partial charge in [-0.3, -0.25) is 9.69 Å². The van der Waals surface area contributed by atoms with Gasteiger partial charge in [0, 0.05) is 25.2 Å². The van der Waals surface area contributed by atoms with Gasteiger partial charge >= 0.3 is 0 Å². The quantitative estimate of drug-likeness (QED) is 0.845. The number of ether oxygens (including phenoxy) is 1. The highest BCUT2D eigenvalue weighted by Crippen LogP contribution is 2.22. The number of aromatic nitrogens is 1. The van der Waals surface area contributed by atoms with Crippen LogP contribution in [0.5, 0.6) is 11.5 Å². The minimum absolute atomic E-state index is 0.00954. The van der Waals surface area contributed by atoms with Gasteiger partial charge in [0.2, 0.25) is 5.91 Å². The van der Waals surface area contributed by atoms with Crippen LogP contribution in [-0.2, 0) is 4.79 Å². The molecule has 1 aromatic heterocycles. The minimum atomic E-state index is -0.319. The van der Waals surface area contributed by atoms with Crippen LogP contribution in [0.4, 0.5) is 10.2 Å². The maximum absolute atomic E-state index is 12.9. The summed E-state index contributed by atoms with van der Waals surface area (Å²) in [5.41, 5.74) is -0.00954. The lowest BCUT2D eigenvalue weighted by atomic mass is 10.0. The highest BCUT2D eigenvalue weighted by Gasteiger charge is 2.31. The van der Waals surface area contributed by atoms with E-state index in [9.17, 15) is 9.18 Å². The van der Waals surface area contributed by atoms with E-state index >= 15 is 0 Å². The van der Waals surface area contributed by atoms with Crippen LogP contribution in [0, 0.1) is 5.82 Å². The zero-order chi connectivity index (χ0) is 19.4. The lowest BCUT2D eigenvalue weighted by molar-refractivity contribution is -0.121. The lowest BCUT2D eigenvalue weighted by Crippen LogP contribution is -2.60. The molecular weight excluding hydrogens is 347 g/mol. The number of halogens is 1. The predicted molar refractivity (Wildman–Crippen MR) is 102 cm³/mol. The summed E-state index contributed by atoms with van der Waals surface area (Å²) in [6.07, 6.45) is 1.53. The van der Waals surface area contributed by atoms with Crippen molar-refractivity contribution in [2.75, 3.05) is 25.0 Å². The molecule has 1 saturated heterocycles. The van der Waals surface area contributed by atoms with Gasteiger partial charge in [0.1, 0.15) is 23.1 Å². The number of carbonyl (C=O) groups is 1. The van der Waals surface area contributed by atoms with Crippen LogP contribution in [0.2, 0.25) is 0 Å². The van der Waals surface area contributed by atoms with Crippen molar-refractivity contribution in [1.82, 2.24) is 15.2 Å². The molecule has 0 spiro atoms. The fourth-order valence-corrected chi connectivity index (χ4v) is 3.06. The molecule has 1 fully saturated rings. The third-order valence-corrected chi connectivity index (χ3v) is 4.57. The number of amides is 1. The summed E-state index contributed by atoms with van der Waals surface area (Å²) in [6, 6.07) is 8.90. The molecule has 2 heterocycles. The third kappa shape index (κ3) is 5.24. The molecule has 1 amide bonds. The molecule has 1 atom stereocenters. The molecule has 27 heavy (non-hydrogen) atoms. The molecule has 2 N–H and O–H groups in total. The second-order valence-corrected chi connectivity index (χ2v) is 7.38. The average molecular weight is 372 g/mol. The second kappa shape index (κ2) is 8.02. The number of carbonyl (C=O) groups excluding carboxylic acids is 1. The Kier molecular flexibility index (Phi) is 5.72. The molecule has 1 aromatic carbocycles. The van der Waals surface area contributed by atoms with E-state index in [1.807, 2.05) is 6.92 Å². The average Bonchev–Trinajstić information content (AvgIpc) is 2.63. The molecule has 2 aromatic rings. The van der Waals surface area contributed by atoms with Crippen molar-refractivity contribution >= 4 is 11.7 Å². The first-order chi connectivity index (χ1) is 12.8. The summed E-state index contributed by atoms with van der Waals surface area (Å²) < 4.78 is 18.5. The molecule has 144 valence electrons. The second-order valence-electron chi connectivity index (χ2n) is 7.38. The summed E-state index contributed by atoms with van der Waals surface area (Å²) in [5, 5.41) is 6.29. The summed E-state index contributed by atoms with van der Waals surface area (Å²) in [7, 11) is 0. The van der Waals surface area contributed by atoms with Gasteiger partial charge in [0.05, 0.1) is 12.2 Å². The number of benzene rings is 1. The number of pyridine rings is 1. The Hall–Kier alpha value is -2.51. The van der Waals surface area contributed by atoms with E-state index in [1.54, 1.807) is 24.3 Å². The fraction of sp³-hybridized carbons (Fsp3) is 0.400. The van der Waals surface area contributed by atoms with Crippen LogP contribution in [0.15, 0.2) is 42.6 Å². The molecule has 0 radical (unpaired) electrons. The number of rotatable bonds is 5. The Morgan fingerprint density at radius 2 is 1.96 bits per heavy atom. The zero-order valence-corrected chi connectivity index (χ0v) is 15.8. The smallest absolute Gasteiger partial charge is 0.242 e. The molecular formula is C20H25FN4O2. The molecule has 0 saturated carbocycles. The zero-order valence-electron chi connectivity index (χ0n) is 15.8. The molecule has 0 aliphatic carbocycles. The van der Waals surface area contributed by atoms with Gasteiger partial charge in [-0.15, -0.1) is 0 Å². The van der Waals surface area contributed by atoms with Crippen LogP contribution in [-0.4, -0.2) is 47.0 Å². The summed E-state index contributed by atoms with van der Waals surface area (Å²) in [6.45, 7) is 8.66. The molecule has 0 unspecified atom stereocenters. The maximum Gasteiger partial charge on any atom is 0.242 e. The first-order valence-corrected chi connectivity index (χ1v) is 9.02. The monoisotopic (exact) mass is 372 g/mol. The topological polar surface area (TPSA) is 66.5 Å². The Labute approximate surface area is 158 Å². The molecule has 1 aliphatic heterocycles. The van der Waals surface area contributed by atoms with Crippen LogP contribution in [0.25, 0.3) is 0 Å². The van der Waals surface area contributed by atoms with E-state index in [-0.39, 0.29) is 23.3 Å². The Morgan fingerprint density at radius 1 is 1.26 bits per heavy atom. The largest absolute Gasteiger partial charge is 0.456 e. The first-order valence-electron chi connectivity index (χ1n) is 9.02. The molecule has 3 rings (SSSR count). The van der Waals surface area contributed by atoms with Crippen molar-refractivity contribution in [2.45, 2.75) is 32.4 Å². The minimum Gasteiger partial charge on any atom is -0.456 e. The van der Waals surface area contributed by atoms with Crippen molar-refractivity contribution in [3.63, 3.8) is 0 Å². The number of hydrogen-bond acceptors (Lipinski definition) is 5. The van der Waals surface area contributed by atoms with E-state index in [4.69, 9.17) is 4.74 Å². The van der Waals surface area contributed by atoms with Crippen LogP contribution < -0.4 is 15.4 Å². The molecule has 0 bridgehead atoms. The van der Waals surface area contributed by atoms with Gasteiger partial charge < -0.3 is 15.4 Å². The molecule has 1 aliphatic rings. The Balaban J connectivity index is 1.57. The van der Waals surface area contributed by atoms with Crippen molar-refractivity contribution in [3.8, 4) is 11.5 Å². The fourth-order valence-electron chi connectivity index (χ4n) is 3.06. The van der Waals surface area contributed by atoms with Gasteiger partial charge in [0.15, 0.2) is 0 Å². The number of nitrogens with zero attached hydrogens (tertiary/aromatic N) is 2. The van der Waals surface area contributed by atoms with E-state index in [0.717, 1.165) is 19.6 Å². The van der Waals surface area contributed by atoms with E-state index in [0.29, 0.717) is 17.3 Å². The SMILES string of the molecule is C[C@H](C(=O)Nc1ccc(Oc2ccc(F)cc2)cn1)N1CCNC(C)(C)C1. The summed E-state index contributed by atoms with van der Waals surface area (Å²) in [5.74, 6) is 1.09. The standard InChI is InChI=1S/C20H25FN4O2/c1-14(25-11-10-23-20(2,3)13-25)19(26)24-18-9-8-17(12-22-18)27-16-6-4-15(21)5-7-16/h4-9,12,14,23H,10-11,13H2,1-3H3,(H,22,24,26)/t14-/m1/s1. The van der Waals surface area contributed by atoms with E-state index in [2.05, 4.69) is 34.4 Å². The van der Waals surface area contributed by atoms with Crippen LogP contribution in [0.1, 0.15) is 20.8 Å². The van der Waals surface area contributed by atoms with Crippen molar-refractivity contribution in [1.29, 1.82) is 0 Å². The third-order valence-electron chi connectivity index (χ3n) is 4.57. The Morgan fingerprint density at radius 3 is 2.59 bits per heavy atom. The normalized spacial score (nSPS) is 17.9. The van der Waals surface area contributed by atoms with Gasteiger partial charge in [0.25, 0.3) is 0 Å². The van der Waals surface area contributed by atoms with Crippen LogP contribution in [0.3, 0.4) is 0 Å². The van der Waals surface area contributed by atoms with E-state index in [1.165, 1.54) is 18.3 Å². The number of hydrogen-bond donors (Lipinski definition) is 2. The van der Waals surface area contributed by atoms with E-state index < -0.39 is 0 Å². The van der Waals surface area contributed by atoms with Crippen LogP contribution >= 0.6 is 0 Å². The van der Waals surface area contributed by atoms with Gasteiger partial charge in [-0.1, -0.05) is 0 Å². The van der Waals surface area contributed by atoms with Crippen molar-refractivity contribution in [3.05, 3.63) is 48.4 Å². The van der Waals surface area contributed by atoms with Gasteiger partial charge in [-0.2, -0.15) is 0 Å². The Bertz CT molecular complexity index is 778. The number of anilines is 1. The summed E-state index contributed by atoms with van der Waals surface area (Å²) in [4.78, 5) is 18.9. The number of piperazine rings is 1. The summed E-state index contributed by atoms with van der Waals surface area (Å²) >= 11 is 0. The molecule has 7 heteroatoms. The highest BCUT2D eigenvalue weighted by atomic mass is 19.1. The maximum atomic E-state index is 12.9. The lowest BCUT2D eigenvalue weighted by Gasteiger charge is -2.41. The predicted octanol–water partition coefficient (Wildman–Crippen LogP) is 3.02. The first kappa shape index (κ1) is 19.3. The number of nitrogens with one attached hydrogen (secondary N) is 2. The van der Waals surface area contributed by atoms with Crippen molar-refractivity contribution in [2.24, 2.45) is 0 Å². The molecule has 6 nitrogen and oxygen atoms in total. The van der Waals surface area contributed by atoms with Gasteiger partial charge in [-0.25, -0.2) is 9.37 Å².